The number of rotatable bonds is 8. The van der Waals surface area contributed by atoms with Crippen molar-refractivity contribution in [1.29, 1.82) is 0 Å². The molecule has 0 saturated carbocycles. The van der Waals surface area contributed by atoms with E-state index in [1.165, 1.54) is 13.8 Å². The first-order valence-electron chi connectivity index (χ1n) is 5.89. The van der Waals surface area contributed by atoms with E-state index in [4.69, 9.17) is 14.2 Å². The second-order valence-electron chi connectivity index (χ2n) is 4.19. The van der Waals surface area contributed by atoms with E-state index in [0.717, 1.165) is 0 Å². The van der Waals surface area contributed by atoms with Crippen molar-refractivity contribution in [3.63, 3.8) is 0 Å². The van der Waals surface area contributed by atoms with Crippen molar-refractivity contribution in [2.75, 3.05) is 34.5 Å². The standard InChI is InChI=1S/C7H12O2.C6H14O3.CH4/c1-5(7(3)9)4-6(2)8;1-7-4-6(9-3)5-8-2;/h5H,4H2,1-3H3;6H,4-5H2,1-3H3;1H4. The molecule has 0 bridgehead atoms. The van der Waals surface area contributed by atoms with Crippen LogP contribution in [0.15, 0.2) is 0 Å². The van der Waals surface area contributed by atoms with E-state index in [9.17, 15) is 9.59 Å². The highest BCUT2D eigenvalue weighted by Gasteiger charge is 2.08. The largest absolute Gasteiger partial charge is 0.382 e. The van der Waals surface area contributed by atoms with Crippen molar-refractivity contribution in [3.8, 4) is 0 Å². The highest BCUT2D eigenvalue weighted by molar-refractivity contribution is 5.85. The Morgan fingerprint density at radius 2 is 1.42 bits per heavy atom. The van der Waals surface area contributed by atoms with Crippen LogP contribution in [0.25, 0.3) is 0 Å². The van der Waals surface area contributed by atoms with Gasteiger partial charge in [-0.2, -0.15) is 0 Å². The first-order chi connectivity index (χ1) is 8.38. The molecule has 0 N–H and O–H groups in total. The summed E-state index contributed by atoms with van der Waals surface area (Å²) in [5.74, 6) is 0.0744. The molecule has 1 atom stereocenters. The topological polar surface area (TPSA) is 61.8 Å². The quantitative estimate of drug-likeness (QED) is 0.680. The maximum absolute atomic E-state index is 10.5. The van der Waals surface area contributed by atoms with Crippen LogP contribution < -0.4 is 0 Å². The average molecular weight is 278 g/mol. The van der Waals surface area contributed by atoms with Crippen molar-refractivity contribution in [2.24, 2.45) is 5.92 Å². The van der Waals surface area contributed by atoms with Gasteiger partial charge in [-0.05, 0) is 13.8 Å². The lowest BCUT2D eigenvalue weighted by atomic mass is 10.0. The van der Waals surface area contributed by atoms with Crippen LogP contribution in [-0.2, 0) is 23.8 Å². The van der Waals surface area contributed by atoms with E-state index in [2.05, 4.69) is 0 Å². The molecule has 0 saturated heterocycles. The molecule has 19 heavy (non-hydrogen) atoms. The Labute approximate surface area is 117 Å². The molecule has 0 aromatic heterocycles. The van der Waals surface area contributed by atoms with Gasteiger partial charge in [0.2, 0.25) is 0 Å². The number of ether oxygens (including phenoxy) is 3. The molecule has 0 fully saturated rings. The van der Waals surface area contributed by atoms with Gasteiger partial charge < -0.3 is 19.0 Å². The van der Waals surface area contributed by atoms with E-state index in [1.807, 2.05) is 0 Å². The van der Waals surface area contributed by atoms with Crippen molar-refractivity contribution >= 4 is 11.6 Å². The molecule has 0 aromatic carbocycles. The lowest BCUT2D eigenvalue weighted by molar-refractivity contribution is -0.125. The Kier molecular flexibility index (Phi) is 18.8. The summed E-state index contributed by atoms with van der Waals surface area (Å²) in [5.41, 5.74) is 0. The monoisotopic (exact) mass is 278 g/mol. The first kappa shape index (κ1) is 23.3. The molecule has 0 aliphatic rings. The Balaban J connectivity index is -0.000000256. The van der Waals surface area contributed by atoms with Gasteiger partial charge in [-0.1, -0.05) is 14.4 Å². The summed E-state index contributed by atoms with van der Waals surface area (Å²) in [7, 11) is 4.92. The van der Waals surface area contributed by atoms with Gasteiger partial charge in [0.1, 0.15) is 17.7 Å². The molecule has 5 heteroatoms. The molecule has 116 valence electrons. The van der Waals surface area contributed by atoms with E-state index >= 15 is 0 Å². The smallest absolute Gasteiger partial charge is 0.133 e. The summed E-state index contributed by atoms with van der Waals surface area (Å²) in [6.45, 7) is 5.95. The Bertz CT molecular complexity index is 222. The first-order valence-corrected chi connectivity index (χ1v) is 5.89. The predicted molar refractivity (Wildman–Crippen MR) is 76.4 cm³/mol. The van der Waals surface area contributed by atoms with Gasteiger partial charge in [0, 0.05) is 33.7 Å². The number of carbonyl (C=O) groups excluding carboxylic acids is 2. The maximum Gasteiger partial charge on any atom is 0.133 e. The zero-order valence-corrected chi connectivity index (χ0v) is 12.3. The maximum atomic E-state index is 10.5. The summed E-state index contributed by atoms with van der Waals surface area (Å²) in [6, 6.07) is 0. The third-order valence-corrected chi connectivity index (χ3v) is 2.33. The van der Waals surface area contributed by atoms with E-state index in [-0.39, 0.29) is 31.0 Å². The molecule has 0 aliphatic carbocycles. The fourth-order valence-electron chi connectivity index (χ4n) is 1.13. The third-order valence-electron chi connectivity index (χ3n) is 2.33. The molecule has 0 rings (SSSR count). The second-order valence-corrected chi connectivity index (χ2v) is 4.19. The van der Waals surface area contributed by atoms with Crippen LogP contribution >= 0.6 is 0 Å². The lowest BCUT2D eigenvalue weighted by Crippen LogP contribution is -2.22. The molecule has 0 heterocycles. The zero-order chi connectivity index (χ0) is 14.6. The van der Waals surface area contributed by atoms with Gasteiger partial charge in [-0.3, -0.25) is 4.79 Å². The summed E-state index contributed by atoms with van der Waals surface area (Å²) in [5, 5.41) is 0. The second kappa shape index (κ2) is 15.3. The van der Waals surface area contributed by atoms with Gasteiger partial charge in [-0.25, -0.2) is 0 Å². The van der Waals surface area contributed by atoms with E-state index < -0.39 is 0 Å². The fourth-order valence-corrected chi connectivity index (χ4v) is 1.13. The normalized spacial score (nSPS) is 11.1. The van der Waals surface area contributed by atoms with Crippen molar-refractivity contribution in [3.05, 3.63) is 0 Å². The number of ketones is 2. The van der Waals surface area contributed by atoms with Crippen molar-refractivity contribution in [1.82, 2.24) is 0 Å². The minimum Gasteiger partial charge on any atom is -0.382 e. The fraction of sp³-hybridized carbons (Fsp3) is 0.857. The Morgan fingerprint density at radius 1 is 1.00 bits per heavy atom. The Morgan fingerprint density at radius 3 is 1.58 bits per heavy atom. The zero-order valence-electron chi connectivity index (χ0n) is 12.3. The molecule has 1 unspecified atom stereocenters. The van der Waals surface area contributed by atoms with Gasteiger partial charge in [0.05, 0.1) is 13.2 Å². The van der Waals surface area contributed by atoms with Crippen LogP contribution in [-0.4, -0.2) is 52.2 Å². The number of Topliss-reactive ketones (excluding diaryl/α,β-unsaturated/α-hetero) is 2. The number of methoxy groups -OCH3 is 3. The van der Waals surface area contributed by atoms with Crippen LogP contribution in [0.5, 0.6) is 0 Å². The van der Waals surface area contributed by atoms with Gasteiger partial charge >= 0.3 is 0 Å². The van der Waals surface area contributed by atoms with Crippen LogP contribution in [0.3, 0.4) is 0 Å². The Hall–Kier alpha value is -0.780. The molecule has 0 amide bonds. The third kappa shape index (κ3) is 17.2. The number of hydrogen-bond acceptors (Lipinski definition) is 5. The summed E-state index contributed by atoms with van der Waals surface area (Å²) >= 11 is 0. The van der Waals surface area contributed by atoms with E-state index in [0.29, 0.717) is 19.6 Å². The highest BCUT2D eigenvalue weighted by atomic mass is 16.5. The van der Waals surface area contributed by atoms with Crippen LogP contribution in [0, 0.1) is 5.92 Å². The molecule has 5 nitrogen and oxygen atoms in total. The van der Waals surface area contributed by atoms with Gasteiger partial charge in [0.25, 0.3) is 0 Å². The van der Waals surface area contributed by atoms with Crippen molar-refractivity contribution in [2.45, 2.75) is 40.7 Å². The molecular formula is C14H30O5. The summed E-state index contributed by atoms with van der Waals surface area (Å²) in [6.07, 6.45) is 0.454. The average Bonchev–Trinajstić information content (AvgIpc) is 2.28. The minimum absolute atomic E-state index is 0. The van der Waals surface area contributed by atoms with E-state index in [1.54, 1.807) is 28.3 Å². The van der Waals surface area contributed by atoms with Gasteiger partial charge in [-0.15, -0.1) is 0 Å². The SMILES string of the molecule is C.CC(=O)CC(C)C(C)=O.COCC(COC)OC. The summed E-state index contributed by atoms with van der Waals surface area (Å²) < 4.78 is 14.7. The molecular weight excluding hydrogens is 248 g/mol. The summed E-state index contributed by atoms with van der Waals surface area (Å²) in [4.78, 5) is 20.9. The number of carbonyl (C=O) groups is 2. The predicted octanol–water partition coefficient (Wildman–Crippen LogP) is 2.12. The highest BCUT2D eigenvalue weighted by Crippen LogP contribution is 2.02. The molecule has 0 aromatic rings. The van der Waals surface area contributed by atoms with Crippen LogP contribution in [0.4, 0.5) is 0 Å². The van der Waals surface area contributed by atoms with Gasteiger partial charge in [0.15, 0.2) is 0 Å². The van der Waals surface area contributed by atoms with Crippen molar-refractivity contribution < 1.29 is 23.8 Å². The van der Waals surface area contributed by atoms with Crippen LogP contribution in [0.2, 0.25) is 0 Å². The molecule has 0 spiro atoms. The number of hydrogen-bond donors (Lipinski definition) is 0. The van der Waals surface area contributed by atoms with Crippen LogP contribution in [0.1, 0.15) is 34.6 Å². The molecule has 0 aliphatic heterocycles. The lowest BCUT2D eigenvalue weighted by Gasteiger charge is -2.11. The minimum atomic E-state index is -0.0949. The molecule has 0 radical (unpaired) electrons.